The molecular weight excluding hydrogens is 482 g/mol. The molecule has 0 aliphatic carbocycles. The third kappa shape index (κ3) is 6.47. The van der Waals surface area contributed by atoms with E-state index in [2.05, 4.69) is 10.3 Å². The summed E-state index contributed by atoms with van der Waals surface area (Å²) in [6.45, 7) is 1.35. The fourth-order valence-electron chi connectivity index (χ4n) is 4.61. The van der Waals surface area contributed by atoms with E-state index in [1.165, 1.54) is 0 Å². The van der Waals surface area contributed by atoms with Crippen LogP contribution in [-0.4, -0.2) is 43.8 Å². The van der Waals surface area contributed by atoms with Gasteiger partial charge in [0.15, 0.2) is 5.65 Å². The molecule has 1 aliphatic rings. The van der Waals surface area contributed by atoms with E-state index in [1.54, 1.807) is 0 Å². The van der Waals surface area contributed by atoms with Crippen molar-refractivity contribution >= 4 is 28.8 Å². The van der Waals surface area contributed by atoms with Crippen LogP contribution in [0.4, 0.5) is 11.6 Å². The second-order valence-corrected chi connectivity index (χ2v) is 9.46. The predicted octanol–water partition coefficient (Wildman–Crippen LogP) is 6.35. The smallest absolute Gasteiger partial charge is 0.303 e. The molecule has 2 aromatic carbocycles. The summed E-state index contributed by atoms with van der Waals surface area (Å²) in [5.74, 6) is 0.541. The lowest BCUT2D eigenvalue weighted by atomic mass is 10.1. The number of hydrogen-bond donors (Lipinski definition) is 2. The van der Waals surface area contributed by atoms with E-state index in [9.17, 15) is 4.79 Å². The van der Waals surface area contributed by atoms with Gasteiger partial charge in [0.25, 0.3) is 0 Å². The van der Waals surface area contributed by atoms with E-state index in [-0.39, 0.29) is 12.6 Å². The van der Waals surface area contributed by atoms with Crippen LogP contribution in [0.1, 0.15) is 57.6 Å². The minimum atomic E-state index is -0.736. The van der Waals surface area contributed by atoms with Crippen LogP contribution in [0.15, 0.2) is 60.9 Å². The van der Waals surface area contributed by atoms with Crippen molar-refractivity contribution in [2.24, 2.45) is 0 Å². The normalized spacial score (nSPS) is 15.4. The summed E-state index contributed by atoms with van der Waals surface area (Å²) in [6, 6.07) is 17.8. The Bertz CT molecular complexity index is 1330. The van der Waals surface area contributed by atoms with Gasteiger partial charge in [-0.05, 0) is 56.4 Å². The molecule has 1 saturated heterocycles. The van der Waals surface area contributed by atoms with E-state index in [0.29, 0.717) is 19.0 Å². The third-order valence-electron chi connectivity index (χ3n) is 6.60. The number of aliphatic carboxylic acids is 1. The summed E-state index contributed by atoms with van der Waals surface area (Å²) in [5.41, 5.74) is 4.10. The van der Waals surface area contributed by atoms with Gasteiger partial charge in [0, 0.05) is 24.3 Å². The fourth-order valence-corrected chi connectivity index (χ4v) is 4.61. The first-order chi connectivity index (χ1) is 18.7. The number of hydrogen-bond acceptors (Lipinski definition) is 7. The van der Waals surface area contributed by atoms with Crippen molar-refractivity contribution in [3.8, 4) is 17.0 Å². The molecule has 0 radical (unpaired) electrons. The zero-order valence-electron chi connectivity index (χ0n) is 21.4. The quantitative estimate of drug-likeness (QED) is 0.210. The van der Waals surface area contributed by atoms with Gasteiger partial charge in [0.1, 0.15) is 23.2 Å². The average Bonchev–Trinajstić information content (AvgIpc) is 3.38. The SMILES string of the molecule is O=C(O)CCCCCCOc1ccc(Nc2nc(-c3ccccc3)c3ncn(C4CCCCO4)c3n2)cc1. The molecule has 38 heavy (non-hydrogen) atoms. The van der Waals surface area contributed by atoms with Gasteiger partial charge in [0.05, 0.1) is 12.9 Å². The molecule has 2 N–H and O–H groups in total. The van der Waals surface area contributed by atoms with Gasteiger partial charge in [0.2, 0.25) is 5.95 Å². The summed E-state index contributed by atoms with van der Waals surface area (Å²) < 4.78 is 13.9. The lowest BCUT2D eigenvalue weighted by Crippen LogP contribution is -2.18. The zero-order valence-corrected chi connectivity index (χ0v) is 21.4. The molecule has 198 valence electrons. The van der Waals surface area contributed by atoms with Crippen molar-refractivity contribution in [1.82, 2.24) is 19.5 Å². The molecule has 0 saturated carbocycles. The lowest BCUT2D eigenvalue weighted by molar-refractivity contribution is -0.137. The Morgan fingerprint density at radius 3 is 2.61 bits per heavy atom. The molecule has 5 rings (SSSR count). The number of fused-ring (bicyclic) bond motifs is 1. The molecule has 0 amide bonds. The molecule has 1 unspecified atom stereocenters. The van der Waals surface area contributed by atoms with Crippen LogP contribution in [0.25, 0.3) is 22.4 Å². The Hall–Kier alpha value is -3.98. The standard InChI is InChI=1S/C29H33N5O4/c35-25(36)13-6-1-2-8-18-37-23-16-14-22(15-17-23)31-29-32-26(21-10-4-3-5-11-21)27-28(33-29)34(20-30-27)24-12-7-9-19-38-24/h3-5,10-11,14-17,20,24H,1-2,6-9,12-13,18-19H2,(H,35,36)(H,31,32,33). The summed E-state index contributed by atoms with van der Waals surface area (Å²) in [5, 5.41) is 12.0. The van der Waals surface area contributed by atoms with Gasteiger partial charge in [-0.25, -0.2) is 9.97 Å². The molecule has 9 nitrogen and oxygen atoms in total. The predicted molar refractivity (Wildman–Crippen MR) is 146 cm³/mol. The second-order valence-electron chi connectivity index (χ2n) is 9.46. The van der Waals surface area contributed by atoms with Gasteiger partial charge >= 0.3 is 5.97 Å². The molecule has 0 spiro atoms. The van der Waals surface area contributed by atoms with E-state index in [4.69, 9.17) is 24.5 Å². The van der Waals surface area contributed by atoms with Gasteiger partial charge in [-0.2, -0.15) is 4.98 Å². The maximum atomic E-state index is 10.6. The van der Waals surface area contributed by atoms with Crippen LogP contribution >= 0.6 is 0 Å². The van der Waals surface area contributed by atoms with Crippen LogP contribution in [0.2, 0.25) is 0 Å². The first kappa shape index (κ1) is 25.7. The van der Waals surface area contributed by atoms with Gasteiger partial charge in [-0.15, -0.1) is 0 Å². The minimum absolute atomic E-state index is 0.0753. The van der Waals surface area contributed by atoms with Crippen molar-refractivity contribution in [3.05, 3.63) is 60.9 Å². The fraction of sp³-hybridized carbons (Fsp3) is 0.379. The van der Waals surface area contributed by atoms with Crippen molar-refractivity contribution in [2.45, 2.75) is 57.6 Å². The lowest BCUT2D eigenvalue weighted by Gasteiger charge is -2.23. The summed E-state index contributed by atoms with van der Waals surface area (Å²) in [4.78, 5) is 24.9. The number of nitrogens with one attached hydrogen (secondary N) is 1. The number of benzene rings is 2. The monoisotopic (exact) mass is 515 g/mol. The summed E-state index contributed by atoms with van der Waals surface area (Å²) in [7, 11) is 0. The van der Waals surface area contributed by atoms with Crippen molar-refractivity contribution in [1.29, 1.82) is 0 Å². The van der Waals surface area contributed by atoms with E-state index >= 15 is 0 Å². The number of anilines is 2. The van der Waals surface area contributed by atoms with E-state index in [1.807, 2.05) is 65.5 Å². The second kappa shape index (κ2) is 12.5. The van der Waals surface area contributed by atoms with Gasteiger partial charge in [-0.1, -0.05) is 43.2 Å². The summed E-state index contributed by atoms with van der Waals surface area (Å²) in [6.07, 6.45) is 8.56. The largest absolute Gasteiger partial charge is 0.494 e. The number of rotatable bonds is 12. The third-order valence-corrected chi connectivity index (χ3v) is 6.60. The highest BCUT2D eigenvalue weighted by molar-refractivity contribution is 5.88. The Kier molecular flexibility index (Phi) is 8.45. The molecule has 4 aromatic rings. The highest BCUT2D eigenvalue weighted by Gasteiger charge is 2.22. The highest BCUT2D eigenvalue weighted by Crippen LogP contribution is 2.31. The van der Waals surface area contributed by atoms with Gasteiger partial charge < -0.3 is 19.9 Å². The first-order valence-corrected chi connectivity index (χ1v) is 13.3. The number of aromatic nitrogens is 4. The maximum absolute atomic E-state index is 10.6. The Balaban J connectivity index is 1.29. The van der Waals surface area contributed by atoms with E-state index < -0.39 is 5.97 Å². The molecule has 2 aromatic heterocycles. The Labute approximate surface area is 221 Å². The van der Waals surface area contributed by atoms with Crippen molar-refractivity contribution < 1.29 is 19.4 Å². The van der Waals surface area contributed by atoms with Crippen LogP contribution in [-0.2, 0) is 9.53 Å². The minimum Gasteiger partial charge on any atom is -0.494 e. The maximum Gasteiger partial charge on any atom is 0.303 e. The van der Waals surface area contributed by atoms with Crippen molar-refractivity contribution in [2.75, 3.05) is 18.5 Å². The molecule has 1 atom stereocenters. The van der Waals surface area contributed by atoms with Crippen LogP contribution in [0.3, 0.4) is 0 Å². The molecule has 0 bridgehead atoms. The Morgan fingerprint density at radius 2 is 1.84 bits per heavy atom. The zero-order chi connectivity index (χ0) is 26.2. The molecule has 9 heteroatoms. The topological polar surface area (TPSA) is 111 Å². The number of nitrogens with zero attached hydrogens (tertiary/aromatic N) is 4. The average molecular weight is 516 g/mol. The highest BCUT2D eigenvalue weighted by atomic mass is 16.5. The number of carboxylic acids is 1. The number of ether oxygens (including phenoxy) is 2. The van der Waals surface area contributed by atoms with Crippen molar-refractivity contribution in [3.63, 3.8) is 0 Å². The van der Waals surface area contributed by atoms with Gasteiger partial charge in [-0.3, -0.25) is 9.36 Å². The first-order valence-electron chi connectivity index (χ1n) is 13.3. The summed E-state index contributed by atoms with van der Waals surface area (Å²) >= 11 is 0. The van der Waals surface area contributed by atoms with Crippen LogP contribution in [0, 0.1) is 0 Å². The molecule has 3 heterocycles. The Morgan fingerprint density at radius 1 is 1.03 bits per heavy atom. The number of unbranched alkanes of at least 4 members (excludes halogenated alkanes) is 3. The number of carboxylic acid groups (broad SMARTS) is 1. The molecular formula is C29H33N5O4. The van der Waals surface area contributed by atoms with Crippen LogP contribution < -0.4 is 10.1 Å². The van der Waals surface area contributed by atoms with Crippen LogP contribution in [0.5, 0.6) is 5.75 Å². The molecule has 1 fully saturated rings. The molecule has 1 aliphatic heterocycles. The number of carbonyl (C=O) groups is 1. The van der Waals surface area contributed by atoms with E-state index in [0.717, 1.165) is 79.0 Å². The number of imidazole rings is 1.